The SMILES string of the molecule is COc1ccccc1-c1cnn2c(C)c(C(=O)O)cnc12. The van der Waals surface area contributed by atoms with Crippen LogP contribution in [-0.2, 0) is 0 Å². The van der Waals surface area contributed by atoms with Crippen LogP contribution in [0.2, 0.25) is 0 Å². The molecule has 21 heavy (non-hydrogen) atoms. The van der Waals surface area contributed by atoms with Crippen molar-refractivity contribution in [3.63, 3.8) is 0 Å². The molecule has 0 aliphatic heterocycles. The first-order chi connectivity index (χ1) is 10.1. The smallest absolute Gasteiger partial charge is 0.339 e. The van der Waals surface area contributed by atoms with Crippen molar-refractivity contribution >= 4 is 11.6 Å². The van der Waals surface area contributed by atoms with E-state index in [1.807, 2.05) is 24.3 Å². The van der Waals surface area contributed by atoms with Crippen LogP contribution < -0.4 is 4.74 Å². The average Bonchev–Trinajstić information content (AvgIpc) is 2.92. The lowest BCUT2D eigenvalue weighted by atomic mass is 10.1. The number of fused-ring (bicyclic) bond motifs is 1. The molecule has 0 aliphatic carbocycles. The van der Waals surface area contributed by atoms with E-state index in [4.69, 9.17) is 9.84 Å². The number of ether oxygens (including phenoxy) is 1. The molecular formula is C15H13N3O3. The normalized spacial score (nSPS) is 10.8. The second-order valence-electron chi connectivity index (χ2n) is 4.56. The van der Waals surface area contributed by atoms with Gasteiger partial charge in [-0.15, -0.1) is 0 Å². The number of carboxylic acids is 1. The molecular weight excluding hydrogens is 270 g/mol. The topological polar surface area (TPSA) is 76.7 Å². The van der Waals surface area contributed by atoms with Crippen molar-refractivity contribution in [2.75, 3.05) is 7.11 Å². The molecule has 106 valence electrons. The molecule has 0 amide bonds. The summed E-state index contributed by atoms with van der Waals surface area (Å²) < 4.78 is 6.88. The fraction of sp³-hybridized carbons (Fsp3) is 0.133. The van der Waals surface area contributed by atoms with Crippen molar-refractivity contribution in [3.8, 4) is 16.9 Å². The molecule has 0 unspecified atom stereocenters. The van der Waals surface area contributed by atoms with Gasteiger partial charge in [-0.25, -0.2) is 14.3 Å². The monoisotopic (exact) mass is 283 g/mol. The molecule has 0 spiro atoms. The molecule has 2 aromatic heterocycles. The molecule has 2 heterocycles. The Morgan fingerprint density at radius 2 is 2.00 bits per heavy atom. The maximum absolute atomic E-state index is 11.1. The number of para-hydroxylation sites is 1. The Morgan fingerprint density at radius 3 is 2.71 bits per heavy atom. The molecule has 3 aromatic rings. The van der Waals surface area contributed by atoms with Crippen LogP contribution in [0.3, 0.4) is 0 Å². The largest absolute Gasteiger partial charge is 0.496 e. The first kappa shape index (κ1) is 13.1. The fourth-order valence-corrected chi connectivity index (χ4v) is 2.31. The minimum absolute atomic E-state index is 0.136. The zero-order valence-corrected chi connectivity index (χ0v) is 11.6. The van der Waals surface area contributed by atoms with Gasteiger partial charge in [-0.1, -0.05) is 18.2 Å². The lowest BCUT2D eigenvalue weighted by Gasteiger charge is -2.07. The van der Waals surface area contributed by atoms with Gasteiger partial charge in [0.05, 0.1) is 30.1 Å². The summed E-state index contributed by atoms with van der Waals surface area (Å²) in [5, 5.41) is 13.4. The summed E-state index contributed by atoms with van der Waals surface area (Å²) in [4.78, 5) is 15.4. The average molecular weight is 283 g/mol. The minimum atomic E-state index is -1.02. The number of hydrogen-bond donors (Lipinski definition) is 1. The van der Waals surface area contributed by atoms with Crippen LogP contribution in [0.5, 0.6) is 5.75 Å². The molecule has 0 radical (unpaired) electrons. The molecule has 0 bridgehead atoms. The minimum Gasteiger partial charge on any atom is -0.496 e. The van der Waals surface area contributed by atoms with Gasteiger partial charge < -0.3 is 9.84 Å². The number of aryl methyl sites for hydroxylation is 1. The number of benzene rings is 1. The first-order valence-electron chi connectivity index (χ1n) is 6.33. The number of carbonyl (C=O) groups is 1. The second-order valence-corrected chi connectivity index (χ2v) is 4.56. The van der Waals surface area contributed by atoms with Gasteiger partial charge in [0.15, 0.2) is 5.65 Å². The first-order valence-corrected chi connectivity index (χ1v) is 6.33. The Balaban J connectivity index is 2.27. The Morgan fingerprint density at radius 1 is 1.24 bits per heavy atom. The van der Waals surface area contributed by atoms with Gasteiger partial charge >= 0.3 is 5.97 Å². The molecule has 1 aromatic carbocycles. The summed E-state index contributed by atoms with van der Waals surface area (Å²) in [6, 6.07) is 7.56. The quantitative estimate of drug-likeness (QED) is 0.798. The number of aromatic carboxylic acids is 1. The van der Waals surface area contributed by atoms with Crippen molar-refractivity contribution in [2.45, 2.75) is 6.92 Å². The third-order valence-corrected chi connectivity index (χ3v) is 3.39. The predicted octanol–water partition coefficient (Wildman–Crippen LogP) is 2.41. The number of carboxylic acid groups (broad SMARTS) is 1. The van der Waals surface area contributed by atoms with E-state index in [2.05, 4.69) is 10.1 Å². The summed E-state index contributed by atoms with van der Waals surface area (Å²) in [6.45, 7) is 1.71. The molecule has 0 saturated carbocycles. The maximum Gasteiger partial charge on any atom is 0.339 e. The summed E-state index contributed by atoms with van der Waals surface area (Å²) >= 11 is 0. The van der Waals surface area contributed by atoms with Crippen LogP contribution in [0.25, 0.3) is 16.8 Å². The fourth-order valence-electron chi connectivity index (χ4n) is 2.31. The predicted molar refractivity (Wildman–Crippen MR) is 76.7 cm³/mol. The third kappa shape index (κ3) is 2.01. The van der Waals surface area contributed by atoms with Crippen LogP contribution in [-0.4, -0.2) is 32.8 Å². The lowest BCUT2D eigenvalue weighted by molar-refractivity contribution is 0.0695. The number of rotatable bonds is 3. The highest BCUT2D eigenvalue weighted by Gasteiger charge is 2.17. The van der Waals surface area contributed by atoms with Crippen LogP contribution in [0, 0.1) is 6.92 Å². The molecule has 6 nitrogen and oxygen atoms in total. The summed E-state index contributed by atoms with van der Waals surface area (Å²) in [7, 11) is 1.60. The number of methoxy groups -OCH3 is 1. The summed E-state index contributed by atoms with van der Waals surface area (Å²) in [6.07, 6.45) is 3.02. The van der Waals surface area contributed by atoms with Crippen LogP contribution in [0.4, 0.5) is 0 Å². The lowest BCUT2D eigenvalue weighted by Crippen LogP contribution is -2.07. The van der Waals surface area contributed by atoms with Crippen molar-refractivity contribution in [1.29, 1.82) is 0 Å². The van der Waals surface area contributed by atoms with Crippen molar-refractivity contribution in [1.82, 2.24) is 14.6 Å². The standard InChI is InChI=1S/C15H13N3O3/c1-9-11(15(19)20)7-16-14-12(8-17-18(9)14)10-5-3-4-6-13(10)21-2/h3-8H,1-2H3,(H,19,20). The summed E-state index contributed by atoms with van der Waals surface area (Å²) in [5.74, 6) is -0.301. The van der Waals surface area contributed by atoms with Gasteiger partial charge in [0, 0.05) is 11.8 Å². The molecule has 6 heteroatoms. The summed E-state index contributed by atoms with van der Waals surface area (Å²) in [5.41, 5.74) is 2.94. The van der Waals surface area contributed by atoms with Crippen LogP contribution >= 0.6 is 0 Å². The van der Waals surface area contributed by atoms with Crippen LogP contribution in [0.15, 0.2) is 36.7 Å². The van der Waals surface area contributed by atoms with E-state index in [9.17, 15) is 4.79 Å². The highest BCUT2D eigenvalue weighted by molar-refractivity contribution is 5.89. The van der Waals surface area contributed by atoms with E-state index in [1.165, 1.54) is 10.7 Å². The van der Waals surface area contributed by atoms with E-state index in [0.29, 0.717) is 17.1 Å². The Hall–Kier alpha value is -2.89. The number of hydrogen-bond acceptors (Lipinski definition) is 4. The highest BCUT2D eigenvalue weighted by Crippen LogP contribution is 2.32. The van der Waals surface area contributed by atoms with E-state index in [0.717, 1.165) is 11.1 Å². The van der Waals surface area contributed by atoms with Crippen molar-refractivity contribution < 1.29 is 14.6 Å². The zero-order chi connectivity index (χ0) is 15.0. The van der Waals surface area contributed by atoms with Gasteiger partial charge in [0.2, 0.25) is 0 Å². The highest BCUT2D eigenvalue weighted by atomic mass is 16.5. The Labute approximate surface area is 120 Å². The third-order valence-electron chi connectivity index (χ3n) is 3.39. The molecule has 0 aliphatic rings. The van der Waals surface area contributed by atoms with Crippen molar-refractivity contribution in [2.24, 2.45) is 0 Å². The molecule has 3 rings (SSSR count). The van der Waals surface area contributed by atoms with Gasteiger partial charge in [-0.05, 0) is 13.0 Å². The molecule has 0 atom stereocenters. The van der Waals surface area contributed by atoms with Crippen molar-refractivity contribution in [3.05, 3.63) is 47.9 Å². The molecule has 0 fully saturated rings. The van der Waals surface area contributed by atoms with E-state index >= 15 is 0 Å². The van der Waals surface area contributed by atoms with Gasteiger partial charge in [-0.3, -0.25) is 0 Å². The number of aromatic nitrogens is 3. The Kier molecular flexibility index (Phi) is 3.06. The zero-order valence-electron chi connectivity index (χ0n) is 11.6. The molecule has 0 saturated heterocycles. The number of nitrogens with zero attached hydrogens (tertiary/aromatic N) is 3. The second kappa shape index (κ2) is 4.90. The van der Waals surface area contributed by atoms with Crippen LogP contribution in [0.1, 0.15) is 16.1 Å². The van der Waals surface area contributed by atoms with E-state index < -0.39 is 5.97 Å². The van der Waals surface area contributed by atoms with Gasteiger partial charge in [0.25, 0.3) is 0 Å². The Bertz CT molecular complexity index is 839. The van der Waals surface area contributed by atoms with E-state index in [-0.39, 0.29) is 5.56 Å². The van der Waals surface area contributed by atoms with E-state index in [1.54, 1.807) is 20.2 Å². The van der Waals surface area contributed by atoms with Gasteiger partial charge in [-0.2, -0.15) is 5.10 Å². The van der Waals surface area contributed by atoms with Gasteiger partial charge in [0.1, 0.15) is 5.75 Å². The maximum atomic E-state index is 11.1. The molecule has 1 N–H and O–H groups in total.